The van der Waals surface area contributed by atoms with Crippen molar-refractivity contribution in [2.75, 3.05) is 14.2 Å². The third-order valence-corrected chi connectivity index (χ3v) is 4.98. The van der Waals surface area contributed by atoms with E-state index in [9.17, 15) is 10.1 Å². The van der Waals surface area contributed by atoms with E-state index in [1.165, 1.54) is 24.0 Å². The highest BCUT2D eigenvalue weighted by Gasteiger charge is 2.15. The van der Waals surface area contributed by atoms with Crippen LogP contribution in [-0.4, -0.2) is 38.9 Å². The molecule has 0 aliphatic heterocycles. The van der Waals surface area contributed by atoms with Gasteiger partial charge in [0.15, 0.2) is 16.7 Å². The van der Waals surface area contributed by atoms with Crippen LogP contribution in [0, 0.1) is 10.1 Å². The lowest BCUT2D eigenvalue weighted by Gasteiger charge is -2.10. The first-order chi connectivity index (χ1) is 13.5. The summed E-state index contributed by atoms with van der Waals surface area (Å²) in [6.45, 7) is 2.69. The van der Waals surface area contributed by atoms with Gasteiger partial charge in [-0.1, -0.05) is 6.07 Å². The van der Waals surface area contributed by atoms with Gasteiger partial charge in [0.1, 0.15) is 17.0 Å². The highest BCUT2D eigenvalue weighted by molar-refractivity contribution is 7.99. The Labute approximate surface area is 165 Å². The van der Waals surface area contributed by atoms with Crippen molar-refractivity contribution in [3.8, 4) is 11.5 Å². The van der Waals surface area contributed by atoms with E-state index in [0.29, 0.717) is 34.6 Å². The molecule has 1 aromatic carbocycles. The Bertz CT molecular complexity index is 975. The Kier molecular flexibility index (Phi) is 6.09. The lowest BCUT2D eigenvalue weighted by atomic mass is 10.1. The molecule has 3 rings (SSSR count). The van der Waals surface area contributed by atoms with Gasteiger partial charge in [-0.2, -0.15) is 0 Å². The van der Waals surface area contributed by atoms with Crippen LogP contribution in [0.1, 0.15) is 18.3 Å². The maximum Gasteiger partial charge on any atom is 0.287 e. The summed E-state index contributed by atoms with van der Waals surface area (Å²) in [4.78, 5) is 14.4. The number of nitrogens with zero attached hydrogens (tertiary/aromatic N) is 5. The first-order valence-electron chi connectivity index (χ1n) is 8.47. The molecule has 0 spiro atoms. The topological polar surface area (TPSA) is 105 Å². The number of pyridine rings is 1. The van der Waals surface area contributed by atoms with Gasteiger partial charge in [-0.15, -0.1) is 10.2 Å². The summed E-state index contributed by atoms with van der Waals surface area (Å²) in [5.74, 6) is 2.13. The van der Waals surface area contributed by atoms with E-state index in [-0.39, 0.29) is 5.69 Å². The Morgan fingerprint density at radius 3 is 2.54 bits per heavy atom. The summed E-state index contributed by atoms with van der Waals surface area (Å²) in [6.07, 6.45) is 1.81. The molecule has 146 valence electrons. The molecule has 0 radical (unpaired) electrons. The molecule has 0 fully saturated rings. The first kappa shape index (κ1) is 19.6. The van der Waals surface area contributed by atoms with E-state index in [4.69, 9.17) is 9.47 Å². The number of hydrogen-bond donors (Lipinski definition) is 0. The van der Waals surface area contributed by atoms with Crippen molar-refractivity contribution < 1.29 is 14.4 Å². The first-order valence-corrected chi connectivity index (χ1v) is 9.28. The maximum absolute atomic E-state index is 10.7. The molecule has 28 heavy (non-hydrogen) atoms. The number of methoxy groups -OCH3 is 2. The minimum absolute atomic E-state index is 0.0459. The molecule has 0 unspecified atom stereocenters. The Hall–Kier alpha value is -3.14. The van der Waals surface area contributed by atoms with E-state index < -0.39 is 4.92 Å². The number of aromatic nitrogens is 4. The van der Waals surface area contributed by atoms with Crippen molar-refractivity contribution >= 4 is 17.4 Å². The van der Waals surface area contributed by atoms with E-state index in [1.807, 2.05) is 29.7 Å². The fourth-order valence-electron chi connectivity index (χ4n) is 2.65. The zero-order valence-electron chi connectivity index (χ0n) is 15.7. The van der Waals surface area contributed by atoms with Gasteiger partial charge >= 0.3 is 0 Å². The summed E-state index contributed by atoms with van der Waals surface area (Å²) in [7, 11) is 3.20. The zero-order valence-corrected chi connectivity index (χ0v) is 16.5. The normalized spacial score (nSPS) is 10.7. The van der Waals surface area contributed by atoms with Crippen molar-refractivity contribution in [2.45, 2.75) is 30.1 Å². The van der Waals surface area contributed by atoms with E-state index in [1.54, 1.807) is 20.3 Å². The van der Waals surface area contributed by atoms with Crippen LogP contribution < -0.4 is 9.47 Å². The third-order valence-electron chi connectivity index (χ3n) is 4.05. The second kappa shape index (κ2) is 8.70. The van der Waals surface area contributed by atoms with Crippen molar-refractivity contribution in [2.24, 2.45) is 0 Å². The smallest absolute Gasteiger partial charge is 0.287 e. The standard InChI is InChI=1S/C18H19N5O4S/c1-4-22-16(10-12-5-7-14(26-2)15(9-12)27-3)20-21-18(22)28-17-8-6-13(11-19-17)23(24)25/h5-9,11H,4,10H2,1-3H3. The van der Waals surface area contributed by atoms with Crippen LogP contribution in [-0.2, 0) is 13.0 Å². The Morgan fingerprint density at radius 2 is 1.93 bits per heavy atom. The monoisotopic (exact) mass is 401 g/mol. The molecule has 0 amide bonds. The van der Waals surface area contributed by atoms with Crippen LogP contribution in [0.5, 0.6) is 11.5 Å². The van der Waals surface area contributed by atoms with Crippen LogP contribution in [0.4, 0.5) is 5.69 Å². The van der Waals surface area contributed by atoms with E-state index >= 15 is 0 Å². The number of benzene rings is 1. The van der Waals surface area contributed by atoms with E-state index in [2.05, 4.69) is 15.2 Å². The van der Waals surface area contributed by atoms with Gasteiger partial charge in [0.2, 0.25) is 0 Å². The fraction of sp³-hybridized carbons (Fsp3) is 0.278. The lowest BCUT2D eigenvalue weighted by molar-refractivity contribution is -0.385. The average molecular weight is 401 g/mol. The van der Waals surface area contributed by atoms with Crippen molar-refractivity contribution in [1.82, 2.24) is 19.7 Å². The van der Waals surface area contributed by atoms with Crippen LogP contribution in [0.2, 0.25) is 0 Å². The third kappa shape index (κ3) is 4.22. The largest absolute Gasteiger partial charge is 0.493 e. The maximum atomic E-state index is 10.7. The summed E-state index contributed by atoms with van der Waals surface area (Å²) in [5, 5.41) is 20.6. The fourth-order valence-corrected chi connectivity index (χ4v) is 3.51. The summed E-state index contributed by atoms with van der Waals surface area (Å²) >= 11 is 1.32. The molecule has 0 atom stereocenters. The molecule has 9 nitrogen and oxygen atoms in total. The quantitative estimate of drug-likeness (QED) is 0.418. The second-order valence-corrected chi connectivity index (χ2v) is 6.71. The zero-order chi connectivity index (χ0) is 20.1. The Balaban J connectivity index is 1.81. The van der Waals surface area contributed by atoms with Gasteiger partial charge in [-0.05, 0) is 42.4 Å². The second-order valence-electron chi connectivity index (χ2n) is 5.72. The Morgan fingerprint density at radius 1 is 1.14 bits per heavy atom. The van der Waals surface area contributed by atoms with Crippen molar-refractivity contribution in [3.63, 3.8) is 0 Å². The molecular weight excluding hydrogens is 382 g/mol. The van der Waals surface area contributed by atoms with E-state index in [0.717, 1.165) is 11.4 Å². The molecule has 3 aromatic rings. The predicted octanol–water partition coefficient (Wildman–Crippen LogP) is 3.36. The van der Waals surface area contributed by atoms with Crippen LogP contribution >= 0.6 is 11.8 Å². The molecule has 0 N–H and O–H groups in total. The molecule has 2 aromatic heterocycles. The molecular formula is C18H19N5O4S. The molecule has 0 aliphatic carbocycles. The van der Waals surface area contributed by atoms with Gasteiger partial charge in [-0.25, -0.2) is 4.98 Å². The summed E-state index contributed by atoms with van der Waals surface area (Å²) in [6, 6.07) is 8.76. The molecule has 10 heteroatoms. The number of rotatable bonds is 8. The SMILES string of the molecule is CCn1c(Cc2ccc(OC)c(OC)c2)nnc1Sc1ccc([N+](=O)[O-])cn1. The summed E-state index contributed by atoms with van der Waals surface area (Å²) in [5.41, 5.74) is 0.972. The number of nitro groups is 1. The van der Waals surface area contributed by atoms with Crippen molar-refractivity contribution in [3.05, 3.63) is 58.0 Å². The van der Waals surface area contributed by atoms with Gasteiger partial charge < -0.3 is 14.0 Å². The van der Waals surface area contributed by atoms with Crippen LogP contribution in [0.25, 0.3) is 0 Å². The molecule has 2 heterocycles. The van der Waals surface area contributed by atoms with Gasteiger partial charge in [0.25, 0.3) is 5.69 Å². The summed E-state index contributed by atoms with van der Waals surface area (Å²) < 4.78 is 12.6. The minimum Gasteiger partial charge on any atom is -0.493 e. The van der Waals surface area contributed by atoms with Crippen LogP contribution in [0.15, 0.2) is 46.7 Å². The highest BCUT2D eigenvalue weighted by atomic mass is 32.2. The molecule has 0 bridgehead atoms. The van der Waals surface area contributed by atoms with Gasteiger partial charge in [0, 0.05) is 19.0 Å². The minimum atomic E-state index is -0.475. The molecule has 0 saturated carbocycles. The average Bonchev–Trinajstić information content (AvgIpc) is 3.09. The van der Waals surface area contributed by atoms with Gasteiger partial charge in [-0.3, -0.25) is 10.1 Å². The van der Waals surface area contributed by atoms with Crippen LogP contribution in [0.3, 0.4) is 0 Å². The number of hydrogen-bond acceptors (Lipinski definition) is 8. The van der Waals surface area contributed by atoms with Gasteiger partial charge in [0.05, 0.1) is 19.1 Å². The highest BCUT2D eigenvalue weighted by Crippen LogP contribution is 2.30. The predicted molar refractivity (Wildman–Crippen MR) is 103 cm³/mol. The molecule has 0 aliphatic rings. The van der Waals surface area contributed by atoms with Crippen molar-refractivity contribution in [1.29, 1.82) is 0 Å². The lowest BCUT2D eigenvalue weighted by Crippen LogP contribution is -2.04. The number of ether oxygens (including phenoxy) is 2. The molecule has 0 saturated heterocycles.